The van der Waals surface area contributed by atoms with Crippen LogP contribution in [0.3, 0.4) is 0 Å². The second kappa shape index (κ2) is 17.4. The molecule has 54 heavy (non-hydrogen) atoms. The third-order valence-electron chi connectivity index (χ3n) is 8.52. The van der Waals surface area contributed by atoms with Crippen LogP contribution in [0.4, 0.5) is 11.4 Å². The lowest BCUT2D eigenvalue weighted by Crippen LogP contribution is -2.29. The first kappa shape index (κ1) is 37.3. The number of hydrogen-bond donors (Lipinski definition) is 2. The molecule has 0 fully saturated rings. The highest BCUT2D eigenvalue weighted by Gasteiger charge is 2.29. The average Bonchev–Trinajstić information content (AvgIpc) is 3.22. The van der Waals surface area contributed by atoms with Crippen molar-refractivity contribution in [1.29, 1.82) is 0 Å². The van der Waals surface area contributed by atoms with Crippen LogP contribution in [0.1, 0.15) is 56.9 Å². The van der Waals surface area contributed by atoms with Crippen LogP contribution >= 0.6 is 15.9 Å². The molecule has 2 atom stereocenters. The van der Waals surface area contributed by atoms with E-state index in [0.29, 0.717) is 52.3 Å². The van der Waals surface area contributed by atoms with E-state index in [2.05, 4.69) is 35.6 Å². The topological polar surface area (TPSA) is 128 Å². The van der Waals surface area contributed by atoms with Crippen molar-refractivity contribution in [3.05, 3.63) is 184 Å². The van der Waals surface area contributed by atoms with Gasteiger partial charge in [0.1, 0.15) is 23.7 Å². The molecule has 0 amide bonds. The second-order valence-electron chi connectivity index (χ2n) is 12.1. The first-order valence-corrected chi connectivity index (χ1v) is 17.5. The molecule has 10 nitrogen and oxygen atoms in total. The molecule has 12 heteroatoms. The van der Waals surface area contributed by atoms with Crippen LogP contribution in [0.5, 0.6) is 11.5 Å². The summed E-state index contributed by atoms with van der Waals surface area (Å²) in [7, 11) is -1.49. The quantitative estimate of drug-likeness (QED) is 0.135. The Morgan fingerprint density at radius 2 is 1.19 bits per heavy atom. The maximum atomic E-state index is 12.6. The van der Waals surface area contributed by atoms with Gasteiger partial charge in [0.15, 0.2) is 22.9 Å². The van der Waals surface area contributed by atoms with Crippen molar-refractivity contribution in [2.75, 3.05) is 0 Å². The number of carbonyl (C=O) groups is 2. The first-order chi connectivity index (χ1) is 26.2. The van der Waals surface area contributed by atoms with E-state index in [4.69, 9.17) is 32.7 Å². The third kappa shape index (κ3) is 9.13. The lowest BCUT2D eigenvalue weighted by atomic mass is 9.80. The summed E-state index contributed by atoms with van der Waals surface area (Å²) >= 11 is 3.36. The molecule has 0 bridgehead atoms. The van der Waals surface area contributed by atoms with E-state index in [-0.39, 0.29) is 23.8 Å². The van der Waals surface area contributed by atoms with Crippen LogP contribution in [-0.2, 0) is 0 Å². The number of pyridine rings is 2. The van der Waals surface area contributed by atoms with Crippen molar-refractivity contribution in [1.82, 2.24) is 9.97 Å². The molecule has 6 aromatic rings. The van der Waals surface area contributed by atoms with Crippen LogP contribution < -0.4 is 14.9 Å². The average molecular weight is 777 g/mol. The molecule has 0 spiro atoms. The minimum Gasteiger partial charge on any atom is -0.484 e. The molecular weight excluding hydrogens is 747 g/mol. The lowest BCUT2D eigenvalue weighted by Gasteiger charge is -2.25. The van der Waals surface area contributed by atoms with Gasteiger partial charge in [-0.05, 0) is 65.1 Å². The lowest BCUT2D eigenvalue weighted by molar-refractivity contribution is 0.0840. The fourth-order valence-electron chi connectivity index (χ4n) is 5.81. The Morgan fingerprint density at radius 3 is 1.74 bits per heavy atom. The Kier molecular flexibility index (Phi) is 12.0. The molecular formula is C42H30BBrN4O6. The maximum Gasteiger partial charge on any atom is 0.487 e. The summed E-state index contributed by atoms with van der Waals surface area (Å²) in [6, 6.07) is 32.2. The van der Waals surface area contributed by atoms with Crippen molar-refractivity contribution in [3.63, 3.8) is 0 Å². The summed E-state index contributed by atoms with van der Waals surface area (Å²) in [6.07, 6.45) is 6.99. The fourth-order valence-corrected chi connectivity index (χ4v) is 6.18. The number of ketones is 2. The number of halogens is 1. The van der Waals surface area contributed by atoms with Gasteiger partial charge in [0.2, 0.25) is 0 Å². The number of nitrogens with zero attached hydrogens (tertiary/aromatic N) is 4. The zero-order valence-electron chi connectivity index (χ0n) is 28.5. The predicted molar refractivity (Wildman–Crippen MR) is 208 cm³/mol. The smallest absolute Gasteiger partial charge is 0.484 e. The predicted octanol–water partition coefficient (Wildman–Crippen LogP) is 8.47. The van der Waals surface area contributed by atoms with Gasteiger partial charge in [-0.2, -0.15) is 0 Å². The van der Waals surface area contributed by atoms with Crippen LogP contribution in [0, 0.1) is 13.1 Å². The standard InChI is InChI=1S/C21H14N2O2.C14H10BrNO2.C7H6BNO2/c1-22-17-6-2-4-14(10-17)15-7-8-20-18(11-15)19(24)12-21(25-20)16-5-3-9-23-13-16;15-10-3-4-13-11(6-10)12(17)7-14(18-13)9-2-1-5-16-8-9;1-9-7-4-2-3-6(5-7)8(10)11/h2-11,13,21H,12H2;1-6,8,14H,7H2;2-5,10-11H. The number of Topliss-reactive ketones (excluding diaryl/α,β-unsaturated/α-hetero) is 2. The highest BCUT2D eigenvalue weighted by atomic mass is 79.9. The number of hydrogen-bond acceptors (Lipinski definition) is 8. The van der Waals surface area contributed by atoms with Crippen LogP contribution in [0.15, 0.2) is 138 Å². The van der Waals surface area contributed by atoms with Gasteiger partial charge in [-0.25, -0.2) is 9.69 Å². The van der Waals surface area contributed by atoms with Gasteiger partial charge in [0.05, 0.1) is 37.1 Å². The van der Waals surface area contributed by atoms with E-state index in [9.17, 15) is 9.59 Å². The Hall–Kier alpha value is -6.44. The molecule has 2 N–H and O–H groups in total. The van der Waals surface area contributed by atoms with Crippen molar-refractivity contribution in [2.45, 2.75) is 25.0 Å². The molecule has 2 aliphatic heterocycles. The van der Waals surface area contributed by atoms with E-state index in [1.807, 2.05) is 72.8 Å². The van der Waals surface area contributed by atoms with E-state index < -0.39 is 7.12 Å². The van der Waals surface area contributed by atoms with Gasteiger partial charge in [-0.15, -0.1) is 0 Å². The summed E-state index contributed by atoms with van der Waals surface area (Å²) in [4.78, 5) is 39.5. The van der Waals surface area contributed by atoms with E-state index in [1.54, 1.807) is 55.1 Å². The molecule has 264 valence electrons. The maximum absolute atomic E-state index is 12.6. The van der Waals surface area contributed by atoms with Crippen molar-refractivity contribution < 1.29 is 29.1 Å². The van der Waals surface area contributed by atoms with Gasteiger partial charge in [0, 0.05) is 40.4 Å². The number of benzene rings is 4. The minimum absolute atomic E-state index is 0.0540. The van der Waals surface area contributed by atoms with Gasteiger partial charge < -0.3 is 19.5 Å². The number of carbonyl (C=O) groups excluding carboxylic acids is 2. The van der Waals surface area contributed by atoms with Gasteiger partial charge in [0.25, 0.3) is 0 Å². The highest BCUT2D eigenvalue weighted by molar-refractivity contribution is 9.10. The molecule has 0 saturated heterocycles. The summed E-state index contributed by atoms with van der Waals surface area (Å²) in [5.41, 5.74) is 6.22. The number of ether oxygens (including phenoxy) is 2. The Morgan fingerprint density at radius 1 is 0.648 bits per heavy atom. The third-order valence-corrected chi connectivity index (χ3v) is 9.01. The van der Waals surface area contributed by atoms with Crippen LogP contribution in [0.2, 0.25) is 0 Å². The Labute approximate surface area is 320 Å². The molecule has 0 aliphatic carbocycles. The number of rotatable bonds is 4. The van der Waals surface area contributed by atoms with E-state index >= 15 is 0 Å². The summed E-state index contributed by atoms with van der Waals surface area (Å²) in [6.45, 7) is 13.8. The molecule has 2 aromatic heterocycles. The van der Waals surface area contributed by atoms with Gasteiger partial charge >= 0.3 is 7.12 Å². The van der Waals surface area contributed by atoms with Crippen LogP contribution in [0.25, 0.3) is 20.8 Å². The molecule has 4 heterocycles. The summed E-state index contributed by atoms with van der Waals surface area (Å²) < 4.78 is 12.8. The molecule has 0 saturated carbocycles. The molecule has 0 radical (unpaired) electrons. The van der Waals surface area contributed by atoms with E-state index in [0.717, 1.165) is 26.7 Å². The first-order valence-electron chi connectivity index (χ1n) is 16.7. The molecule has 2 aliphatic rings. The highest BCUT2D eigenvalue weighted by Crippen LogP contribution is 2.38. The van der Waals surface area contributed by atoms with Crippen molar-refractivity contribution >= 4 is 51.5 Å². The summed E-state index contributed by atoms with van der Waals surface area (Å²) in [5.74, 6) is 1.39. The Bertz CT molecular complexity index is 2380. The Balaban J connectivity index is 0.000000150. The second-order valence-corrected chi connectivity index (χ2v) is 13.0. The number of aromatic nitrogens is 2. The molecule has 2 unspecified atom stereocenters. The zero-order valence-corrected chi connectivity index (χ0v) is 30.1. The minimum atomic E-state index is -1.49. The fraction of sp³-hybridized carbons (Fsp3) is 0.0952. The zero-order chi connectivity index (χ0) is 38.0. The largest absolute Gasteiger partial charge is 0.487 e. The molecule has 4 aromatic carbocycles. The normalized spacial score (nSPS) is 15.1. The van der Waals surface area contributed by atoms with Crippen molar-refractivity contribution in [3.8, 4) is 22.6 Å². The molecule has 8 rings (SSSR count). The van der Waals surface area contributed by atoms with Crippen molar-refractivity contribution in [2.24, 2.45) is 0 Å². The van der Waals surface area contributed by atoms with E-state index in [1.165, 1.54) is 6.07 Å². The van der Waals surface area contributed by atoms with Gasteiger partial charge in [-0.3, -0.25) is 19.6 Å². The van der Waals surface area contributed by atoms with Crippen LogP contribution in [-0.4, -0.2) is 38.7 Å². The SMILES string of the molecule is O=C1CC(c2cccnc2)Oc2ccc(Br)cc21.[C-]#[N+]c1cccc(-c2ccc3c(c2)C(=O)CC(c2cccnc2)O3)c1.[C-]#[N+]c1cccc(B(O)O)c1. The number of fused-ring (bicyclic) bond motifs is 2. The monoisotopic (exact) mass is 776 g/mol. The van der Waals surface area contributed by atoms with Gasteiger partial charge in [-0.1, -0.05) is 76.6 Å². The summed E-state index contributed by atoms with van der Waals surface area (Å²) in [5, 5.41) is 17.4.